The van der Waals surface area contributed by atoms with Gasteiger partial charge in [0.05, 0.1) is 36.8 Å². The molecule has 40 heavy (non-hydrogen) atoms. The highest BCUT2D eigenvalue weighted by Crippen LogP contribution is 2.36. The van der Waals surface area contributed by atoms with Crippen molar-refractivity contribution in [2.75, 3.05) is 33.4 Å². The number of hydrogen-bond donors (Lipinski definition) is 0. The first-order chi connectivity index (χ1) is 19.4. The highest BCUT2D eigenvalue weighted by atomic mass is 35.5. The van der Waals surface area contributed by atoms with E-state index in [2.05, 4.69) is 15.2 Å². The third-order valence-electron chi connectivity index (χ3n) is 6.83. The molecule has 208 valence electrons. The summed E-state index contributed by atoms with van der Waals surface area (Å²) in [4.78, 5) is 19.6. The van der Waals surface area contributed by atoms with Gasteiger partial charge in [-0.05, 0) is 30.3 Å². The van der Waals surface area contributed by atoms with Gasteiger partial charge in [-0.3, -0.25) is 9.36 Å². The number of carbonyl (C=O) groups is 1. The molecule has 0 saturated carbocycles. The van der Waals surface area contributed by atoms with Crippen LogP contribution in [0.4, 0.5) is 0 Å². The molecule has 2 aliphatic heterocycles. The van der Waals surface area contributed by atoms with Gasteiger partial charge in [-0.25, -0.2) is 4.98 Å². The van der Waals surface area contributed by atoms with Gasteiger partial charge in [-0.1, -0.05) is 47.1 Å². The molecule has 2 saturated heterocycles. The van der Waals surface area contributed by atoms with Crippen molar-refractivity contribution in [1.29, 1.82) is 0 Å². The highest BCUT2D eigenvalue weighted by Gasteiger charge is 2.41. The summed E-state index contributed by atoms with van der Waals surface area (Å²) in [7, 11) is 1.62. The molecule has 0 bridgehead atoms. The van der Waals surface area contributed by atoms with Crippen LogP contribution in [0.15, 0.2) is 53.0 Å². The minimum atomic E-state index is -0.522. The molecule has 2 aromatic carbocycles. The lowest BCUT2D eigenvalue weighted by Crippen LogP contribution is -2.47. The Bertz CT molecular complexity index is 1530. The lowest BCUT2D eigenvalue weighted by molar-refractivity contribution is -0.181. The third kappa shape index (κ3) is 5.59. The van der Waals surface area contributed by atoms with E-state index >= 15 is 0 Å². The summed E-state index contributed by atoms with van der Waals surface area (Å²) in [5.41, 5.74) is 1.92. The fourth-order valence-electron chi connectivity index (χ4n) is 4.79. The van der Waals surface area contributed by atoms with Crippen LogP contribution in [0, 0.1) is 0 Å². The number of amides is 1. The Kier molecular flexibility index (Phi) is 8.02. The molecule has 4 heterocycles. The molecule has 0 radical (unpaired) electrons. The number of methoxy groups -OCH3 is 1. The van der Waals surface area contributed by atoms with Gasteiger partial charge in [0.15, 0.2) is 16.8 Å². The van der Waals surface area contributed by atoms with Gasteiger partial charge in [0.25, 0.3) is 5.91 Å². The van der Waals surface area contributed by atoms with Crippen molar-refractivity contribution in [2.45, 2.75) is 29.5 Å². The number of ether oxygens (including phenoxy) is 3. The number of rotatable bonds is 7. The highest BCUT2D eigenvalue weighted by molar-refractivity contribution is 7.98. The van der Waals surface area contributed by atoms with Crippen LogP contribution >= 0.6 is 46.3 Å². The molecule has 6 rings (SSSR count). The molecule has 2 fully saturated rings. The Morgan fingerprint density at radius 3 is 2.70 bits per heavy atom. The summed E-state index contributed by atoms with van der Waals surface area (Å²) < 4.78 is 18.8. The van der Waals surface area contributed by atoms with Crippen molar-refractivity contribution in [3.05, 3.63) is 68.6 Å². The summed E-state index contributed by atoms with van der Waals surface area (Å²) in [6.45, 7) is 2.38. The topological polar surface area (TPSA) is 91.6 Å². The number of carbonyl (C=O) groups excluding carboxylic acids is 1. The fourth-order valence-corrected chi connectivity index (χ4v) is 6.89. The number of piperidine rings is 1. The van der Waals surface area contributed by atoms with Gasteiger partial charge in [-0.2, -0.15) is 0 Å². The van der Waals surface area contributed by atoms with Crippen molar-refractivity contribution < 1.29 is 19.0 Å². The zero-order valence-corrected chi connectivity index (χ0v) is 24.7. The number of benzene rings is 2. The molecule has 1 amide bonds. The van der Waals surface area contributed by atoms with Gasteiger partial charge in [0, 0.05) is 41.9 Å². The van der Waals surface area contributed by atoms with E-state index in [4.69, 9.17) is 37.4 Å². The number of halogens is 2. The van der Waals surface area contributed by atoms with Crippen LogP contribution in [-0.4, -0.2) is 69.8 Å². The number of thioether (sulfide) groups is 1. The lowest BCUT2D eigenvalue weighted by Gasteiger charge is -2.37. The van der Waals surface area contributed by atoms with E-state index in [0.29, 0.717) is 83.1 Å². The smallest absolute Gasteiger partial charge is 0.273 e. The van der Waals surface area contributed by atoms with E-state index in [0.717, 1.165) is 10.6 Å². The summed E-state index contributed by atoms with van der Waals surface area (Å²) in [5.74, 6) is 1.20. The lowest BCUT2D eigenvalue weighted by atomic mass is 10.0. The molecular weight excluding hydrogens is 593 g/mol. The molecule has 1 spiro atoms. The molecule has 0 unspecified atom stereocenters. The second kappa shape index (κ2) is 11.7. The van der Waals surface area contributed by atoms with Crippen molar-refractivity contribution in [2.24, 2.45) is 0 Å². The minimum Gasteiger partial charge on any atom is -0.497 e. The molecule has 2 aliphatic rings. The maximum Gasteiger partial charge on any atom is 0.273 e. The predicted octanol–water partition coefficient (Wildman–Crippen LogP) is 5.98. The maximum absolute atomic E-state index is 13.1. The molecule has 0 atom stereocenters. The van der Waals surface area contributed by atoms with Crippen molar-refractivity contribution >= 4 is 52.2 Å². The van der Waals surface area contributed by atoms with Crippen LogP contribution < -0.4 is 4.74 Å². The Morgan fingerprint density at radius 1 is 1.12 bits per heavy atom. The first-order valence-corrected chi connectivity index (χ1v) is 15.3. The first kappa shape index (κ1) is 27.5. The van der Waals surface area contributed by atoms with E-state index in [-0.39, 0.29) is 5.91 Å². The van der Waals surface area contributed by atoms with Crippen molar-refractivity contribution in [3.8, 4) is 22.8 Å². The summed E-state index contributed by atoms with van der Waals surface area (Å²) in [5, 5.41) is 13.2. The molecule has 4 aromatic rings. The maximum atomic E-state index is 13.1. The summed E-state index contributed by atoms with van der Waals surface area (Å²) >= 11 is 15.8. The average Bonchev–Trinajstić information content (AvgIpc) is 3.74. The molecule has 9 nitrogen and oxygen atoms in total. The zero-order chi connectivity index (χ0) is 27.7. The van der Waals surface area contributed by atoms with Gasteiger partial charge in [0.2, 0.25) is 0 Å². The van der Waals surface area contributed by atoms with Gasteiger partial charge >= 0.3 is 0 Å². The van der Waals surface area contributed by atoms with Crippen molar-refractivity contribution in [1.82, 2.24) is 24.6 Å². The predicted molar refractivity (Wildman–Crippen MR) is 155 cm³/mol. The standard InChI is InChI=1S/C27H25Cl2N5O4S2/c1-36-19-4-2-3-17(13-19)24-31-32-26(34(24)22-14-18(28)5-6-20(22)29)40-16-23-30-21(15-39-23)25(35)33-9-7-27(8-10-33)37-11-12-38-27/h2-6,13-15H,7-12,16H2,1H3. The van der Waals surface area contributed by atoms with Crippen molar-refractivity contribution in [3.63, 3.8) is 0 Å². The Hall–Kier alpha value is -2.67. The van der Waals surface area contributed by atoms with E-state index < -0.39 is 5.79 Å². The third-order valence-corrected chi connectivity index (χ3v) is 9.36. The molecular formula is C27H25Cl2N5O4S2. The van der Waals surface area contributed by atoms with E-state index in [1.807, 2.05) is 39.1 Å². The van der Waals surface area contributed by atoms with Crippen LogP contribution in [0.3, 0.4) is 0 Å². The van der Waals surface area contributed by atoms with Gasteiger partial charge in [0.1, 0.15) is 16.5 Å². The van der Waals surface area contributed by atoms with Gasteiger partial charge in [-0.15, -0.1) is 21.5 Å². The number of nitrogens with zero attached hydrogens (tertiary/aromatic N) is 5. The molecule has 2 aromatic heterocycles. The first-order valence-electron chi connectivity index (χ1n) is 12.6. The summed E-state index contributed by atoms with van der Waals surface area (Å²) in [6, 6.07) is 12.8. The largest absolute Gasteiger partial charge is 0.497 e. The molecule has 0 N–H and O–H groups in total. The number of hydrogen-bond acceptors (Lipinski definition) is 9. The average molecular weight is 619 g/mol. The summed E-state index contributed by atoms with van der Waals surface area (Å²) in [6.07, 6.45) is 1.34. The van der Waals surface area contributed by atoms with E-state index in [9.17, 15) is 4.79 Å². The second-order valence-corrected chi connectivity index (χ2v) is 12.0. The fraction of sp³-hybridized carbons (Fsp3) is 0.333. The second-order valence-electron chi connectivity index (χ2n) is 9.28. The van der Waals surface area contributed by atoms with Crippen LogP contribution in [0.5, 0.6) is 5.75 Å². The SMILES string of the molecule is COc1cccc(-c2nnc(SCc3nc(C(=O)N4CCC5(CC4)OCCO5)cs3)n2-c2cc(Cl)ccc2Cl)c1. The minimum absolute atomic E-state index is 0.0745. The monoisotopic (exact) mass is 617 g/mol. The molecule has 0 aliphatic carbocycles. The Labute approximate surface area is 249 Å². The van der Waals surface area contributed by atoms with Crippen LogP contribution in [-0.2, 0) is 15.2 Å². The van der Waals surface area contributed by atoms with E-state index in [1.165, 1.54) is 23.1 Å². The number of thiazole rings is 1. The van der Waals surface area contributed by atoms with Gasteiger partial charge < -0.3 is 19.1 Å². The molecule has 13 heteroatoms. The van der Waals surface area contributed by atoms with Crippen LogP contribution in [0.1, 0.15) is 28.3 Å². The Balaban J connectivity index is 1.21. The Morgan fingerprint density at radius 2 is 1.93 bits per heavy atom. The zero-order valence-electron chi connectivity index (χ0n) is 21.5. The van der Waals surface area contributed by atoms with E-state index in [1.54, 1.807) is 25.3 Å². The number of likely N-dealkylation sites (tertiary alicyclic amines) is 1. The number of aromatic nitrogens is 4. The van der Waals surface area contributed by atoms with Crippen LogP contribution in [0.2, 0.25) is 10.0 Å². The normalized spacial score (nSPS) is 16.5. The van der Waals surface area contributed by atoms with Crippen LogP contribution in [0.25, 0.3) is 17.1 Å². The quantitative estimate of drug-likeness (QED) is 0.234.